The van der Waals surface area contributed by atoms with Gasteiger partial charge in [-0.15, -0.1) is 12.4 Å². The van der Waals surface area contributed by atoms with Gasteiger partial charge >= 0.3 is 5.69 Å². The van der Waals surface area contributed by atoms with E-state index in [-0.39, 0.29) is 24.5 Å². The van der Waals surface area contributed by atoms with E-state index in [9.17, 15) is 18.0 Å². The normalized spacial score (nSPS) is 22.1. The Kier molecular flexibility index (Phi) is 5.96. The van der Waals surface area contributed by atoms with Crippen molar-refractivity contribution in [2.45, 2.75) is 42.7 Å². The van der Waals surface area contributed by atoms with Crippen LogP contribution in [0.5, 0.6) is 0 Å². The maximum atomic E-state index is 12.3. The van der Waals surface area contributed by atoms with Crippen LogP contribution in [0, 0.1) is 0 Å². The predicted octanol–water partition coefficient (Wildman–Crippen LogP) is -0.946. The number of hydrogen-bond acceptors (Lipinski definition) is 5. The van der Waals surface area contributed by atoms with E-state index in [0.29, 0.717) is 12.8 Å². The first kappa shape index (κ1) is 18.9. The SMILES string of the molecule is Cl.Cn1cc(S(=O)(=O)NC2CCC(N)CC2)c(=O)n(C)c1=O. The number of nitrogens with two attached hydrogens (primary N) is 1. The number of aromatic nitrogens is 2. The van der Waals surface area contributed by atoms with Gasteiger partial charge in [-0.3, -0.25) is 9.36 Å². The largest absolute Gasteiger partial charge is 0.330 e. The van der Waals surface area contributed by atoms with Gasteiger partial charge in [-0.2, -0.15) is 0 Å². The molecule has 8 nitrogen and oxygen atoms in total. The Morgan fingerprint density at radius 1 is 1.18 bits per heavy atom. The molecule has 22 heavy (non-hydrogen) atoms. The molecule has 0 spiro atoms. The van der Waals surface area contributed by atoms with E-state index in [1.807, 2.05) is 0 Å². The summed E-state index contributed by atoms with van der Waals surface area (Å²) in [5.41, 5.74) is 4.40. The second-order valence-electron chi connectivity index (χ2n) is 5.48. The number of aryl methyl sites for hydroxylation is 1. The van der Waals surface area contributed by atoms with Crippen molar-refractivity contribution in [3.05, 3.63) is 27.0 Å². The number of nitrogens with one attached hydrogen (secondary N) is 1. The fourth-order valence-electron chi connectivity index (χ4n) is 2.48. The number of halogens is 1. The summed E-state index contributed by atoms with van der Waals surface area (Å²) in [6.07, 6.45) is 3.84. The van der Waals surface area contributed by atoms with Crippen LogP contribution in [0.2, 0.25) is 0 Å². The van der Waals surface area contributed by atoms with Crippen molar-refractivity contribution in [2.24, 2.45) is 19.8 Å². The molecule has 0 aromatic carbocycles. The third-order valence-electron chi connectivity index (χ3n) is 3.80. The van der Waals surface area contributed by atoms with Crippen LogP contribution in [0.4, 0.5) is 0 Å². The molecule has 1 aromatic rings. The molecule has 1 aromatic heterocycles. The highest BCUT2D eigenvalue weighted by atomic mass is 35.5. The van der Waals surface area contributed by atoms with Crippen molar-refractivity contribution in [1.29, 1.82) is 0 Å². The summed E-state index contributed by atoms with van der Waals surface area (Å²) < 4.78 is 29.1. The van der Waals surface area contributed by atoms with Crippen LogP contribution in [0.3, 0.4) is 0 Å². The molecule has 3 N–H and O–H groups in total. The third-order valence-corrected chi connectivity index (χ3v) is 5.30. The molecular formula is C12H21ClN4O4S. The van der Waals surface area contributed by atoms with Gasteiger partial charge in [0.25, 0.3) is 5.56 Å². The first-order valence-electron chi connectivity index (χ1n) is 6.77. The van der Waals surface area contributed by atoms with Crippen LogP contribution in [0.15, 0.2) is 20.7 Å². The van der Waals surface area contributed by atoms with Crippen LogP contribution in [-0.2, 0) is 24.1 Å². The van der Waals surface area contributed by atoms with Crippen LogP contribution in [-0.4, -0.2) is 29.6 Å². The van der Waals surface area contributed by atoms with Crippen LogP contribution in [0.1, 0.15) is 25.7 Å². The summed E-state index contributed by atoms with van der Waals surface area (Å²) in [6, 6.07) is -0.118. The molecular weight excluding hydrogens is 332 g/mol. The molecule has 0 bridgehead atoms. The van der Waals surface area contributed by atoms with E-state index >= 15 is 0 Å². The highest BCUT2D eigenvalue weighted by Gasteiger charge is 2.27. The number of sulfonamides is 1. The molecule has 0 aliphatic heterocycles. The van der Waals surface area contributed by atoms with Gasteiger partial charge < -0.3 is 10.3 Å². The van der Waals surface area contributed by atoms with Crippen LogP contribution < -0.4 is 21.7 Å². The van der Waals surface area contributed by atoms with Crippen molar-refractivity contribution in [3.63, 3.8) is 0 Å². The number of rotatable bonds is 3. The zero-order valence-electron chi connectivity index (χ0n) is 12.5. The average molecular weight is 353 g/mol. The van der Waals surface area contributed by atoms with Gasteiger partial charge in [0.15, 0.2) is 4.90 Å². The fraction of sp³-hybridized carbons (Fsp3) is 0.667. The van der Waals surface area contributed by atoms with Crippen molar-refractivity contribution in [3.8, 4) is 0 Å². The summed E-state index contributed by atoms with van der Waals surface area (Å²) >= 11 is 0. The second kappa shape index (κ2) is 6.95. The Morgan fingerprint density at radius 2 is 1.73 bits per heavy atom. The highest BCUT2D eigenvalue weighted by molar-refractivity contribution is 7.89. The molecule has 0 radical (unpaired) electrons. The Morgan fingerprint density at radius 3 is 2.27 bits per heavy atom. The first-order valence-corrected chi connectivity index (χ1v) is 8.25. The standard InChI is InChI=1S/C12H20N4O4S.ClH/c1-15-7-10(11(17)16(2)12(15)18)21(19,20)14-9-5-3-8(13)4-6-9;/h7-9,14H,3-6,13H2,1-2H3;1H. The molecule has 1 aliphatic rings. The minimum absolute atomic E-state index is 0. The van der Waals surface area contributed by atoms with E-state index in [2.05, 4.69) is 4.72 Å². The lowest BCUT2D eigenvalue weighted by molar-refractivity contribution is 0.373. The lowest BCUT2D eigenvalue weighted by Crippen LogP contribution is -2.45. The summed E-state index contributed by atoms with van der Waals surface area (Å²) in [5.74, 6) is 0. The molecule has 1 fully saturated rings. The molecule has 0 unspecified atom stereocenters. The molecule has 0 saturated heterocycles. The highest BCUT2D eigenvalue weighted by Crippen LogP contribution is 2.18. The fourth-order valence-corrected chi connectivity index (χ4v) is 3.94. The van der Waals surface area contributed by atoms with Gasteiger partial charge in [0, 0.05) is 32.4 Å². The molecule has 1 saturated carbocycles. The molecule has 10 heteroatoms. The smallest absolute Gasteiger partial charge is 0.328 e. The van der Waals surface area contributed by atoms with Crippen LogP contribution >= 0.6 is 12.4 Å². The predicted molar refractivity (Wildman–Crippen MR) is 84.7 cm³/mol. The van der Waals surface area contributed by atoms with Gasteiger partial charge in [0.1, 0.15) is 0 Å². The van der Waals surface area contributed by atoms with Gasteiger partial charge in [-0.1, -0.05) is 0 Å². The van der Waals surface area contributed by atoms with Gasteiger partial charge in [-0.05, 0) is 25.7 Å². The average Bonchev–Trinajstić information content (AvgIpc) is 2.42. The maximum Gasteiger partial charge on any atom is 0.330 e. The minimum Gasteiger partial charge on any atom is -0.328 e. The van der Waals surface area contributed by atoms with Crippen LogP contribution in [0.25, 0.3) is 0 Å². The third kappa shape index (κ3) is 3.78. The van der Waals surface area contributed by atoms with Crippen molar-refractivity contribution in [2.75, 3.05) is 0 Å². The quantitative estimate of drug-likeness (QED) is 0.727. The summed E-state index contributed by atoms with van der Waals surface area (Å²) in [5, 5.41) is 0. The maximum absolute atomic E-state index is 12.3. The number of hydrogen-bond donors (Lipinski definition) is 2. The van der Waals surface area contributed by atoms with E-state index in [0.717, 1.165) is 28.2 Å². The second-order valence-corrected chi connectivity index (χ2v) is 7.17. The first-order chi connectivity index (χ1) is 9.72. The molecule has 0 atom stereocenters. The topological polar surface area (TPSA) is 116 Å². The van der Waals surface area contributed by atoms with E-state index in [1.54, 1.807) is 0 Å². The number of nitrogens with zero attached hydrogens (tertiary/aromatic N) is 2. The van der Waals surface area contributed by atoms with Crippen molar-refractivity contribution < 1.29 is 8.42 Å². The molecule has 0 amide bonds. The lowest BCUT2D eigenvalue weighted by atomic mass is 9.93. The van der Waals surface area contributed by atoms with Crippen molar-refractivity contribution >= 4 is 22.4 Å². The molecule has 1 aliphatic carbocycles. The Hall–Kier alpha value is -1.16. The zero-order valence-corrected chi connectivity index (χ0v) is 14.1. The molecule has 1 heterocycles. The summed E-state index contributed by atoms with van der Waals surface area (Å²) in [7, 11) is -1.30. The monoisotopic (exact) mass is 352 g/mol. The van der Waals surface area contributed by atoms with E-state index in [4.69, 9.17) is 5.73 Å². The zero-order chi connectivity index (χ0) is 15.8. The Labute approximate surface area is 134 Å². The van der Waals surface area contributed by atoms with Gasteiger partial charge in [0.2, 0.25) is 10.0 Å². The minimum atomic E-state index is -3.95. The van der Waals surface area contributed by atoms with E-state index < -0.39 is 26.2 Å². The molecule has 2 rings (SSSR count). The van der Waals surface area contributed by atoms with Crippen molar-refractivity contribution in [1.82, 2.24) is 13.9 Å². The Balaban J connectivity index is 0.00000242. The summed E-state index contributed by atoms with van der Waals surface area (Å²) in [6.45, 7) is 0. The Bertz CT molecular complexity index is 747. The van der Waals surface area contributed by atoms with E-state index in [1.165, 1.54) is 14.1 Å². The lowest BCUT2D eigenvalue weighted by Gasteiger charge is -2.26. The van der Waals surface area contributed by atoms with Gasteiger partial charge in [0.05, 0.1) is 0 Å². The summed E-state index contributed by atoms with van der Waals surface area (Å²) in [4.78, 5) is 23.2. The molecule has 126 valence electrons. The van der Waals surface area contributed by atoms with Gasteiger partial charge in [-0.25, -0.2) is 17.9 Å².